The molecule has 0 aliphatic heterocycles. The van der Waals surface area contributed by atoms with Gasteiger partial charge >= 0.3 is 5.97 Å². The van der Waals surface area contributed by atoms with Crippen molar-refractivity contribution >= 4 is 5.97 Å². The highest BCUT2D eigenvalue weighted by Crippen LogP contribution is 2.15. The SMILES string of the molecule is COc1ccc(C(=O)OC(N)Cc2cccc(OC)c2)cc1. The van der Waals surface area contributed by atoms with Crippen LogP contribution in [0.2, 0.25) is 0 Å². The Labute approximate surface area is 129 Å². The van der Waals surface area contributed by atoms with Crippen molar-refractivity contribution in [1.82, 2.24) is 0 Å². The Kier molecular flexibility index (Phi) is 5.38. The van der Waals surface area contributed by atoms with Gasteiger partial charge in [0.25, 0.3) is 0 Å². The van der Waals surface area contributed by atoms with E-state index in [2.05, 4.69) is 0 Å². The zero-order valence-electron chi connectivity index (χ0n) is 12.6. The lowest BCUT2D eigenvalue weighted by atomic mass is 10.1. The van der Waals surface area contributed by atoms with Crippen molar-refractivity contribution in [3.63, 3.8) is 0 Å². The first-order valence-electron chi connectivity index (χ1n) is 6.86. The molecular formula is C17H19NO4. The van der Waals surface area contributed by atoms with Crippen LogP contribution in [0.15, 0.2) is 48.5 Å². The van der Waals surface area contributed by atoms with Gasteiger partial charge in [0.1, 0.15) is 11.5 Å². The summed E-state index contributed by atoms with van der Waals surface area (Å²) in [6.45, 7) is 0. The second kappa shape index (κ2) is 7.47. The normalized spacial score (nSPS) is 11.6. The van der Waals surface area contributed by atoms with Gasteiger partial charge < -0.3 is 14.2 Å². The van der Waals surface area contributed by atoms with Crippen molar-refractivity contribution in [1.29, 1.82) is 0 Å². The van der Waals surface area contributed by atoms with E-state index >= 15 is 0 Å². The summed E-state index contributed by atoms with van der Waals surface area (Å²) < 4.78 is 15.4. The third kappa shape index (κ3) is 4.23. The average Bonchev–Trinajstić information content (AvgIpc) is 2.55. The molecule has 0 aliphatic rings. The van der Waals surface area contributed by atoms with E-state index in [-0.39, 0.29) is 0 Å². The van der Waals surface area contributed by atoms with Gasteiger partial charge in [0.2, 0.25) is 0 Å². The molecule has 0 spiro atoms. The third-order valence-corrected chi connectivity index (χ3v) is 3.16. The highest BCUT2D eigenvalue weighted by Gasteiger charge is 2.13. The van der Waals surface area contributed by atoms with Gasteiger partial charge in [0.15, 0.2) is 6.23 Å². The Hall–Kier alpha value is -2.53. The van der Waals surface area contributed by atoms with Crippen molar-refractivity contribution in [3.05, 3.63) is 59.7 Å². The minimum Gasteiger partial charge on any atom is -0.497 e. The molecule has 22 heavy (non-hydrogen) atoms. The number of hydrogen-bond donors (Lipinski definition) is 1. The number of benzene rings is 2. The second-order valence-corrected chi connectivity index (χ2v) is 4.73. The molecule has 2 aromatic rings. The van der Waals surface area contributed by atoms with Gasteiger partial charge in [-0.3, -0.25) is 5.73 Å². The third-order valence-electron chi connectivity index (χ3n) is 3.16. The van der Waals surface area contributed by atoms with Crippen LogP contribution in [0.3, 0.4) is 0 Å². The maximum absolute atomic E-state index is 12.0. The van der Waals surface area contributed by atoms with Crippen molar-refractivity contribution in [2.75, 3.05) is 14.2 Å². The molecule has 5 heteroatoms. The van der Waals surface area contributed by atoms with Crippen molar-refractivity contribution in [2.45, 2.75) is 12.6 Å². The molecule has 116 valence electrons. The molecule has 0 fully saturated rings. The number of nitrogens with two attached hydrogens (primary N) is 1. The Morgan fingerprint density at radius 1 is 1.05 bits per heavy atom. The van der Waals surface area contributed by atoms with E-state index in [1.807, 2.05) is 24.3 Å². The molecule has 0 aromatic heterocycles. The van der Waals surface area contributed by atoms with Gasteiger partial charge in [0.05, 0.1) is 19.8 Å². The predicted octanol–water partition coefficient (Wildman–Crippen LogP) is 2.39. The summed E-state index contributed by atoms with van der Waals surface area (Å²) in [6.07, 6.45) is -0.305. The monoisotopic (exact) mass is 301 g/mol. The summed E-state index contributed by atoms with van der Waals surface area (Å²) in [7, 11) is 3.17. The largest absolute Gasteiger partial charge is 0.497 e. The second-order valence-electron chi connectivity index (χ2n) is 4.73. The Bertz CT molecular complexity index is 625. The van der Waals surface area contributed by atoms with Crippen LogP contribution in [-0.2, 0) is 11.2 Å². The van der Waals surface area contributed by atoms with Crippen LogP contribution in [0.5, 0.6) is 11.5 Å². The van der Waals surface area contributed by atoms with Crippen LogP contribution in [0.1, 0.15) is 15.9 Å². The smallest absolute Gasteiger partial charge is 0.339 e. The molecule has 0 saturated heterocycles. The van der Waals surface area contributed by atoms with Crippen LogP contribution in [0, 0.1) is 0 Å². The first kappa shape index (κ1) is 15.9. The fourth-order valence-corrected chi connectivity index (χ4v) is 2.01. The molecule has 2 aromatic carbocycles. The summed E-state index contributed by atoms with van der Waals surface area (Å²) >= 11 is 0. The molecular weight excluding hydrogens is 282 g/mol. The maximum atomic E-state index is 12.0. The lowest BCUT2D eigenvalue weighted by Gasteiger charge is -2.14. The van der Waals surface area contributed by atoms with Gasteiger partial charge in [-0.05, 0) is 42.0 Å². The summed E-state index contributed by atoms with van der Waals surface area (Å²) in [5.41, 5.74) is 7.25. The standard InChI is InChI=1S/C17H19NO4/c1-20-14-8-6-13(7-9-14)17(19)22-16(18)11-12-4-3-5-15(10-12)21-2/h3-10,16H,11,18H2,1-2H3. The molecule has 1 unspecified atom stereocenters. The van der Waals surface area contributed by atoms with Gasteiger partial charge in [-0.2, -0.15) is 0 Å². The van der Waals surface area contributed by atoms with Gasteiger partial charge in [-0.1, -0.05) is 12.1 Å². The number of hydrogen-bond acceptors (Lipinski definition) is 5. The number of methoxy groups -OCH3 is 2. The van der Waals surface area contributed by atoms with Gasteiger partial charge in [0, 0.05) is 6.42 Å². The summed E-state index contributed by atoms with van der Waals surface area (Å²) in [4.78, 5) is 12.0. The molecule has 0 bridgehead atoms. The number of carbonyl (C=O) groups is 1. The van der Waals surface area contributed by atoms with Crippen molar-refractivity contribution in [3.8, 4) is 11.5 Å². The molecule has 2 rings (SSSR count). The van der Waals surface area contributed by atoms with E-state index in [4.69, 9.17) is 19.9 Å². The van der Waals surface area contributed by atoms with E-state index in [0.717, 1.165) is 11.3 Å². The first-order valence-corrected chi connectivity index (χ1v) is 6.86. The molecule has 0 amide bonds. The molecule has 0 heterocycles. The Balaban J connectivity index is 1.95. The highest BCUT2D eigenvalue weighted by atomic mass is 16.6. The molecule has 0 saturated carbocycles. The minimum atomic E-state index is -0.721. The summed E-state index contributed by atoms with van der Waals surface area (Å²) in [5, 5.41) is 0. The fraction of sp³-hybridized carbons (Fsp3) is 0.235. The Morgan fingerprint density at radius 3 is 2.36 bits per heavy atom. The first-order chi connectivity index (χ1) is 10.6. The maximum Gasteiger partial charge on any atom is 0.339 e. The lowest BCUT2D eigenvalue weighted by molar-refractivity contribution is 0.0317. The van der Waals surface area contributed by atoms with Crippen LogP contribution in [-0.4, -0.2) is 26.4 Å². The number of esters is 1. The fourth-order valence-electron chi connectivity index (χ4n) is 2.01. The van der Waals surface area contributed by atoms with Crippen LogP contribution >= 0.6 is 0 Å². The molecule has 0 aliphatic carbocycles. The van der Waals surface area contributed by atoms with Gasteiger partial charge in [-0.25, -0.2) is 4.79 Å². The van der Waals surface area contributed by atoms with E-state index in [1.54, 1.807) is 38.5 Å². The van der Waals surface area contributed by atoms with E-state index in [9.17, 15) is 4.79 Å². The Morgan fingerprint density at radius 2 is 1.73 bits per heavy atom. The molecule has 2 N–H and O–H groups in total. The number of carbonyl (C=O) groups excluding carboxylic acids is 1. The van der Waals surface area contributed by atoms with Crippen molar-refractivity contribution < 1.29 is 19.0 Å². The van der Waals surface area contributed by atoms with Crippen molar-refractivity contribution in [2.24, 2.45) is 5.73 Å². The summed E-state index contributed by atoms with van der Waals surface area (Å²) in [6, 6.07) is 14.2. The van der Waals surface area contributed by atoms with Gasteiger partial charge in [-0.15, -0.1) is 0 Å². The minimum absolute atomic E-state index is 0.416. The topological polar surface area (TPSA) is 70.8 Å². The van der Waals surface area contributed by atoms with E-state index < -0.39 is 12.2 Å². The van der Waals surface area contributed by atoms with E-state index in [0.29, 0.717) is 17.7 Å². The zero-order chi connectivity index (χ0) is 15.9. The summed E-state index contributed by atoms with van der Waals surface area (Å²) in [5.74, 6) is 0.960. The van der Waals surface area contributed by atoms with Crippen LogP contribution in [0.25, 0.3) is 0 Å². The molecule has 1 atom stereocenters. The number of rotatable bonds is 6. The quantitative estimate of drug-likeness (QED) is 0.655. The van der Waals surface area contributed by atoms with Crippen LogP contribution in [0.4, 0.5) is 0 Å². The number of ether oxygens (including phenoxy) is 3. The average molecular weight is 301 g/mol. The van der Waals surface area contributed by atoms with E-state index in [1.165, 1.54) is 0 Å². The zero-order valence-corrected chi connectivity index (χ0v) is 12.6. The van der Waals surface area contributed by atoms with Crippen LogP contribution < -0.4 is 15.2 Å². The highest BCUT2D eigenvalue weighted by molar-refractivity contribution is 5.89. The predicted molar refractivity (Wildman–Crippen MR) is 83.1 cm³/mol. The molecule has 5 nitrogen and oxygen atoms in total. The molecule has 0 radical (unpaired) electrons. The lowest BCUT2D eigenvalue weighted by Crippen LogP contribution is -2.29.